The van der Waals surface area contributed by atoms with Gasteiger partial charge in [-0.2, -0.15) is 0 Å². The number of carbonyl (C=O) groups excluding carboxylic acids is 1. The number of benzene rings is 2. The van der Waals surface area contributed by atoms with Gasteiger partial charge in [-0.3, -0.25) is 14.6 Å². The summed E-state index contributed by atoms with van der Waals surface area (Å²) in [4.78, 5) is 18.1. The molecule has 4 aliphatic rings. The van der Waals surface area contributed by atoms with Gasteiger partial charge < -0.3 is 9.84 Å². The molecule has 0 bridgehead atoms. The van der Waals surface area contributed by atoms with E-state index >= 15 is 0 Å². The van der Waals surface area contributed by atoms with Gasteiger partial charge in [-0.1, -0.05) is 79.6 Å². The van der Waals surface area contributed by atoms with E-state index in [1.165, 1.54) is 16.7 Å². The molecule has 202 valence electrons. The maximum absolute atomic E-state index is 13.1. The highest BCUT2D eigenvalue weighted by Crippen LogP contribution is 2.56. The maximum atomic E-state index is 13.1. The molecule has 5 nitrogen and oxygen atoms in total. The van der Waals surface area contributed by atoms with E-state index in [2.05, 4.69) is 72.2 Å². The van der Waals surface area contributed by atoms with Crippen LogP contribution in [-0.4, -0.2) is 65.8 Å². The van der Waals surface area contributed by atoms with Gasteiger partial charge in [-0.05, 0) is 42.0 Å². The SMILES string of the molecule is C[C@@H]1CCC=C2C[C@H]3OC(=O)[C@H](CN4CCN([C@@H](c5ccccc5)c5ccc(Cl)cc5)CC4)[C@@H]3[C@H](O)[C@@]21C. The van der Waals surface area contributed by atoms with Gasteiger partial charge in [0.15, 0.2) is 0 Å². The molecule has 2 aliphatic heterocycles. The molecule has 2 aromatic carbocycles. The van der Waals surface area contributed by atoms with Gasteiger partial charge in [0.05, 0.1) is 18.1 Å². The topological polar surface area (TPSA) is 53.0 Å². The Labute approximate surface area is 231 Å². The van der Waals surface area contributed by atoms with Gasteiger partial charge in [-0.15, -0.1) is 0 Å². The lowest BCUT2D eigenvalue weighted by Crippen LogP contribution is -2.55. The minimum Gasteiger partial charge on any atom is -0.461 e. The highest BCUT2D eigenvalue weighted by molar-refractivity contribution is 6.30. The molecule has 6 rings (SSSR count). The largest absolute Gasteiger partial charge is 0.461 e. The second-order valence-corrected chi connectivity index (χ2v) is 12.4. The van der Waals surface area contributed by atoms with E-state index in [4.69, 9.17) is 16.3 Å². The third-order valence-corrected chi connectivity index (χ3v) is 10.4. The predicted molar refractivity (Wildman–Crippen MR) is 150 cm³/mol. The standard InChI is InChI=1S/C32H39ClN2O3/c1-21-7-6-10-24-19-27-28(30(36)32(21,24)2)26(31(37)38-27)20-34-15-17-35(18-16-34)29(22-8-4-3-5-9-22)23-11-13-25(33)14-12-23/h3-5,8-14,21,26-30,36H,6-7,15-20H2,1-2H3/t21-,26-,27-,28+,29+,30+,32-/m1/s1. The summed E-state index contributed by atoms with van der Waals surface area (Å²) < 4.78 is 5.92. The molecule has 7 atom stereocenters. The number of hydrogen-bond donors (Lipinski definition) is 1. The first-order valence-corrected chi connectivity index (χ1v) is 14.6. The predicted octanol–water partition coefficient (Wildman–Crippen LogP) is 5.33. The molecule has 3 fully saturated rings. The summed E-state index contributed by atoms with van der Waals surface area (Å²) in [5.41, 5.74) is 3.54. The molecule has 0 aromatic heterocycles. The lowest BCUT2D eigenvalue weighted by molar-refractivity contribution is -0.145. The fraction of sp³-hybridized carbons (Fsp3) is 0.531. The summed E-state index contributed by atoms with van der Waals surface area (Å²) in [7, 11) is 0. The van der Waals surface area contributed by atoms with Crippen LogP contribution in [0.2, 0.25) is 5.02 Å². The van der Waals surface area contributed by atoms with E-state index in [0.29, 0.717) is 12.5 Å². The Morgan fingerprint density at radius 1 is 1.05 bits per heavy atom. The molecule has 6 heteroatoms. The molecule has 2 saturated heterocycles. The number of nitrogens with zero attached hydrogens (tertiary/aromatic N) is 2. The number of esters is 1. The number of aliphatic hydroxyl groups excluding tert-OH is 1. The van der Waals surface area contributed by atoms with Gasteiger partial charge >= 0.3 is 5.97 Å². The first-order chi connectivity index (χ1) is 18.4. The van der Waals surface area contributed by atoms with Crippen molar-refractivity contribution in [2.24, 2.45) is 23.2 Å². The molecule has 1 saturated carbocycles. The summed E-state index contributed by atoms with van der Waals surface area (Å²) in [6.07, 6.45) is 4.47. The lowest BCUT2D eigenvalue weighted by atomic mass is 9.55. The molecule has 0 spiro atoms. The summed E-state index contributed by atoms with van der Waals surface area (Å²) >= 11 is 6.19. The molecule has 2 heterocycles. The van der Waals surface area contributed by atoms with Crippen molar-refractivity contribution in [3.05, 3.63) is 82.4 Å². The van der Waals surface area contributed by atoms with E-state index in [9.17, 15) is 9.90 Å². The Morgan fingerprint density at radius 3 is 2.45 bits per heavy atom. The van der Waals surface area contributed by atoms with Crippen LogP contribution in [0.1, 0.15) is 50.3 Å². The summed E-state index contributed by atoms with van der Waals surface area (Å²) in [5.74, 6) is -0.119. The average Bonchev–Trinajstić information content (AvgIpc) is 3.23. The molecule has 0 unspecified atom stereocenters. The molecular weight excluding hydrogens is 496 g/mol. The average molecular weight is 535 g/mol. The Morgan fingerprint density at radius 2 is 1.74 bits per heavy atom. The van der Waals surface area contributed by atoms with Crippen molar-refractivity contribution >= 4 is 17.6 Å². The minimum absolute atomic E-state index is 0.125. The highest BCUT2D eigenvalue weighted by atomic mass is 35.5. The van der Waals surface area contributed by atoms with Crippen molar-refractivity contribution < 1.29 is 14.6 Å². The van der Waals surface area contributed by atoms with E-state index < -0.39 is 6.10 Å². The Kier molecular flexibility index (Phi) is 7.15. The Balaban J connectivity index is 1.16. The summed E-state index contributed by atoms with van der Waals surface area (Å²) in [6, 6.07) is 19.0. The van der Waals surface area contributed by atoms with Gasteiger partial charge in [-0.25, -0.2) is 0 Å². The van der Waals surface area contributed by atoms with Crippen LogP contribution >= 0.6 is 11.6 Å². The van der Waals surface area contributed by atoms with Crippen LogP contribution < -0.4 is 0 Å². The van der Waals surface area contributed by atoms with E-state index in [0.717, 1.165) is 50.5 Å². The number of hydrogen-bond acceptors (Lipinski definition) is 5. The van der Waals surface area contributed by atoms with Crippen molar-refractivity contribution in [3.8, 4) is 0 Å². The van der Waals surface area contributed by atoms with Crippen LogP contribution in [0.5, 0.6) is 0 Å². The van der Waals surface area contributed by atoms with Gasteiger partial charge in [0.2, 0.25) is 0 Å². The zero-order valence-electron chi connectivity index (χ0n) is 22.4. The molecule has 0 amide bonds. The fourth-order valence-corrected chi connectivity index (χ4v) is 7.78. The first kappa shape index (κ1) is 26.1. The maximum Gasteiger partial charge on any atom is 0.311 e. The molecule has 2 aliphatic carbocycles. The molecule has 38 heavy (non-hydrogen) atoms. The number of carbonyl (C=O) groups is 1. The zero-order chi connectivity index (χ0) is 26.4. The van der Waals surface area contributed by atoms with Crippen molar-refractivity contribution in [1.29, 1.82) is 0 Å². The number of rotatable bonds is 5. The van der Waals surface area contributed by atoms with E-state index in [1.54, 1.807) is 0 Å². The van der Waals surface area contributed by atoms with Crippen molar-refractivity contribution in [2.75, 3.05) is 32.7 Å². The van der Waals surface area contributed by atoms with Crippen LogP contribution in [0.4, 0.5) is 0 Å². The second kappa shape index (κ2) is 10.4. The fourth-order valence-electron chi connectivity index (χ4n) is 7.65. The number of fused-ring (bicyclic) bond motifs is 2. The van der Waals surface area contributed by atoms with E-state index in [1.807, 2.05) is 12.1 Å². The number of halogens is 1. The Bertz CT molecular complexity index is 1180. The summed E-state index contributed by atoms with van der Waals surface area (Å²) in [6.45, 7) is 8.70. The molecule has 0 radical (unpaired) electrons. The van der Waals surface area contributed by atoms with Crippen molar-refractivity contribution in [2.45, 2.75) is 51.4 Å². The van der Waals surface area contributed by atoms with Crippen LogP contribution in [0.3, 0.4) is 0 Å². The molecule has 1 N–H and O–H groups in total. The van der Waals surface area contributed by atoms with E-state index in [-0.39, 0.29) is 35.4 Å². The minimum atomic E-state index is -0.548. The number of piperazine rings is 1. The molecular formula is C32H39ClN2O3. The van der Waals surface area contributed by atoms with Crippen LogP contribution in [-0.2, 0) is 9.53 Å². The van der Waals surface area contributed by atoms with Crippen LogP contribution in [0, 0.1) is 23.2 Å². The van der Waals surface area contributed by atoms with Crippen molar-refractivity contribution in [3.63, 3.8) is 0 Å². The smallest absolute Gasteiger partial charge is 0.311 e. The van der Waals surface area contributed by atoms with Crippen molar-refractivity contribution in [1.82, 2.24) is 9.80 Å². The summed E-state index contributed by atoms with van der Waals surface area (Å²) in [5, 5.41) is 12.4. The van der Waals surface area contributed by atoms with Crippen LogP contribution in [0.25, 0.3) is 0 Å². The first-order valence-electron chi connectivity index (χ1n) is 14.2. The number of ether oxygens (including phenoxy) is 1. The quantitative estimate of drug-likeness (QED) is 0.415. The monoisotopic (exact) mass is 534 g/mol. The second-order valence-electron chi connectivity index (χ2n) is 12.0. The molecule has 2 aromatic rings. The van der Waals surface area contributed by atoms with Gasteiger partial charge in [0.25, 0.3) is 0 Å². The zero-order valence-corrected chi connectivity index (χ0v) is 23.2. The van der Waals surface area contributed by atoms with Crippen LogP contribution in [0.15, 0.2) is 66.2 Å². The van der Waals surface area contributed by atoms with Gasteiger partial charge in [0, 0.05) is 55.5 Å². The Hall–Kier alpha value is -2.18. The highest BCUT2D eigenvalue weighted by Gasteiger charge is 2.59. The normalized spacial score (nSPS) is 34.7. The number of aliphatic hydroxyl groups is 1. The lowest BCUT2D eigenvalue weighted by Gasteiger charge is -2.52. The third-order valence-electron chi connectivity index (χ3n) is 10.1. The van der Waals surface area contributed by atoms with Gasteiger partial charge in [0.1, 0.15) is 6.10 Å². The third kappa shape index (κ3) is 4.52. The number of allylic oxidation sites excluding steroid dienone is 1.